The zero-order valence-electron chi connectivity index (χ0n) is 16.8. The summed E-state index contributed by atoms with van der Waals surface area (Å²) in [6.45, 7) is 1.33. The van der Waals surface area contributed by atoms with Crippen LogP contribution in [0.2, 0.25) is 0 Å². The average Bonchev–Trinajstić information content (AvgIpc) is 3.19. The van der Waals surface area contributed by atoms with Crippen molar-refractivity contribution in [1.29, 1.82) is 0 Å². The number of hydrogen-bond donors (Lipinski definition) is 1. The molecule has 1 aromatic heterocycles. The molecule has 3 aromatic rings. The second-order valence-corrected chi connectivity index (χ2v) is 8.77. The van der Waals surface area contributed by atoms with Gasteiger partial charge in [0.15, 0.2) is 0 Å². The molecule has 1 saturated heterocycles. The van der Waals surface area contributed by atoms with Crippen LogP contribution in [-0.2, 0) is 22.7 Å². The fourth-order valence-corrected chi connectivity index (χ4v) is 5.05. The van der Waals surface area contributed by atoms with Crippen LogP contribution in [0.4, 0.5) is 4.39 Å². The lowest BCUT2D eigenvalue weighted by Crippen LogP contribution is -2.32. The van der Waals surface area contributed by atoms with E-state index in [1.54, 1.807) is 0 Å². The van der Waals surface area contributed by atoms with Crippen LogP contribution in [0.3, 0.4) is 0 Å². The topological polar surface area (TPSA) is 73.3 Å². The van der Waals surface area contributed by atoms with Crippen molar-refractivity contribution in [3.63, 3.8) is 0 Å². The SMILES string of the molecule is O=c1[nH]c(=O)n([C@H]2C[C@H](OCc3ccccc3)[C@H](COCc3ccccc3)S2)cc1F. The minimum Gasteiger partial charge on any atom is -0.376 e. The summed E-state index contributed by atoms with van der Waals surface area (Å²) in [5, 5.41) is -0.399. The third-order valence-corrected chi connectivity index (χ3v) is 6.64. The van der Waals surface area contributed by atoms with Crippen molar-refractivity contribution in [3.8, 4) is 0 Å². The molecule has 0 amide bonds. The Morgan fingerprint density at radius 1 is 1.00 bits per heavy atom. The molecule has 0 unspecified atom stereocenters. The first kappa shape index (κ1) is 21.5. The summed E-state index contributed by atoms with van der Waals surface area (Å²) in [4.78, 5) is 25.6. The Balaban J connectivity index is 1.46. The third kappa shape index (κ3) is 5.52. The van der Waals surface area contributed by atoms with Gasteiger partial charge in [0.05, 0.1) is 42.7 Å². The van der Waals surface area contributed by atoms with Gasteiger partial charge in [0.25, 0.3) is 5.56 Å². The van der Waals surface area contributed by atoms with Crippen molar-refractivity contribution < 1.29 is 13.9 Å². The van der Waals surface area contributed by atoms with Gasteiger partial charge in [0, 0.05) is 6.42 Å². The number of benzene rings is 2. The van der Waals surface area contributed by atoms with E-state index in [1.165, 1.54) is 16.3 Å². The molecule has 1 aliphatic heterocycles. The molecule has 3 atom stereocenters. The van der Waals surface area contributed by atoms with Crippen LogP contribution in [-0.4, -0.2) is 27.5 Å². The summed E-state index contributed by atoms with van der Waals surface area (Å²) in [5.74, 6) is -0.981. The maximum Gasteiger partial charge on any atom is 0.329 e. The monoisotopic (exact) mass is 442 g/mol. The van der Waals surface area contributed by atoms with E-state index < -0.39 is 17.1 Å². The van der Waals surface area contributed by atoms with Gasteiger partial charge in [0.2, 0.25) is 5.82 Å². The smallest absolute Gasteiger partial charge is 0.329 e. The first-order chi connectivity index (χ1) is 15.1. The van der Waals surface area contributed by atoms with Crippen molar-refractivity contribution in [2.24, 2.45) is 0 Å². The quantitative estimate of drug-likeness (QED) is 0.578. The molecule has 1 N–H and O–H groups in total. The van der Waals surface area contributed by atoms with Crippen LogP contribution in [0.5, 0.6) is 0 Å². The third-order valence-electron chi connectivity index (χ3n) is 5.12. The average molecular weight is 443 g/mol. The number of halogens is 1. The molecule has 2 heterocycles. The number of nitrogens with zero attached hydrogens (tertiary/aromatic N) is 1. The second kappa shape index (κ2) is 10.1. The maximum absolute atomic E-state index is 13.8. The number of ether oxygens (including phenoxy) is 2. The van der Waals surface area contributed by atoms with Crippen LogP contribution in [0.1, 0.15) is 22.9 Å². The first-order valence-corrected chi connectivity index (χ1v) is 11.0. The van der Waals surface area contributed by atoms with Crippen LogP contribution in [0, 0.1) is 5.82 Å². The number of rotatable bonds is 8. The molecule has 0 aliphatic carbocycles. The summed E-state index contributed by atoms with van der Waals surface area (Å²) < 4.78 is 27.1. The van der Waals surface area contributed by atoms with E-state index in [0.29, 0.717) is 26.2 Å². The predicted octanol–water partition coefficient (Wildman–Crippen LogP) is 3.48. The molecule has 4 rings (SSSR count). The van der Waals surface area contributed by atoms with Gasteiger partial charge in [-0.2, -0.15) is 4.39 Å². The number of nitrogens with one attached hydrogen (secondary N) is 1. The zero-order chi connectivity index (χ0) is 21.6. The van der Waals surface area contributed by atoms with Crippen molar-refractivity contribution in [2.45, 2.75) is 36.4 Å². The van der Waals surface area contributed by atoms with Gasteiger partial charge in [-0.3, -0.25) is 14.3 Å². The van der Waals surface area contributed by atoms with Gasteiger partial charge >= 0.3 is 5.69 Å². The summed E-state index contributed by atoms with van der Waals surface area (Å²) in [6.07, 6.45) is 1.29. The lowest BCUT2D eigenvalue weighted by atomic mass is 10.1. The van der Waals surface area contributed by atoms with Gasteiger partial charge in [-0.05, 0) is 11.1 Å². The molecule has 31 heavy (non-hydrogen) atoms. The number of thioether (sulfide) groups is 1. The summed E-state index contributed by atoms with van der Waals surface area (Å²) in [7, 11) is 0. The molecular weight excluding hydrogens is 419 g/mol. The predicted molar refractivity (Wildman–Crippen MR) is 117 cm³/mol. The minimum atomic E-state index is -1.01. The first-order valence-electron chi connectivity index (χ1n) is 10.0. The number of aromatic amines is 1. The van der Waals surface area contributed by atoms with E-state index in [-0.39, 0.29) is 16.7 Å². The van der Waals surface area contributed by atoms with E-state index in [0.717, 1.165) is 17.3 Å². The van der Waals surface area contributed by atoms with Gasteiger partial charge in [-0.1, -0.05) is 60.7 Å². The second-order valence-electron chi connectivity index (χ2n) is 7.34. The molecular formula is C23H23FN2O4S. The highest BCUT2D eigenvalue weighted by Crippen LogP contribution is 2.42. The molecule has 0 bridgehead atoms. The Hall–Kier alpha value is -2.68. The Morgan fingerprint density at radius 2 is 1.65 bits per heavy atom. The van der Waals surface area contributed by atoms with E-state index in [2.05, 4.69) is 0 Å². The van der Waals surface area contributed by atoms with E-state index in [9.17, 15) is 14.0 Å². The normalized spacial score (nSPS) is 20.7. The fourth-order valence-electron chi connectivity index (χ4n) is 3.52. The van der Waals surface area contributed by atoms with E-state index in [1.807, 2.05) is 65.6 Å². The maximum atomic E-state index is 13.8. The number of hydrogen-bond acceptors (Lipinski definition) is 5. The molecule has 0 saturated carbocycles. The van der Waals surface area contributed by atoms with E-state index >= 15 is 0 Å². The Morgan fingerprint density at radius 3 is 2.32 bits per heavy atom. The lowest BCUT2D eigenvalue weighted by molar-refractivity contribution is 0.0134. The lowest BCUT2D eigenvalue weighted by Gasteiger charge is -2.19. The van der Waals surface area contributed by atoms with Crippen LogP contribution in [0.25, 0.3) is 0 Å². The van der Waals surface area contributed by atoms with Gasteiger partial charge in [0.1, 0.15) is 0 Å². The molecule has 1 fully saturated rings. The molecule has 1 aliphatic rings. The number of aromatic nitrogens is 2. The highest BCUT2D eigenvalue weighted by molar-refractivity contribution is 8.00. The van der Waals surface area contributed by atoms with Gasteiger partial charge in [-0.15, -0.1) is 11.8 Å². The summed E-state index contributed by atoms with van der Waals surface area (Å²) in [5.41, 5.74) is 0.482. The highest BCUT2D eigenvalue weighted by Gasteiger charge is 2.37. The van der Waals surface area contributed by atoms with Crippen LogP contribution in [0.15, 0.2) is 76.4 Å². The summed E-state index contributed by atoms with van der Waals surface area (Å²) >= 11 is 1.50. The fraction of sp³-hybridized carbons (Fsp3) is 0.304. The summed E-state index contributed by atoms with van der Waals surface area (Å²) in [6, 6.07) is 19.7. The Labute approximate surface area is 183 Å². The largest absolute Gasteiger partial charge is 0.376 e. The minimum absolute atomic E-state index is 0.0423. The Bertz CT molecular complexity index is 1100. The molecule has 6 nitrogen and oxygen atoms in total. The molecule has 2 aromatic carbocycles. The van der Waals surface area contributed by atoms with Crippen LogP contribution < -0.4 is 11.2 Å². The number of H-pyrrole nitrogens is 1. The van der Waals surface area contributed by atoms with Crippen molar-refractivity contribution in [2.75, 3.05) is 6.61 Å². The Kier molecular flexibility index (Phi) is 7.01. The van der Waals surface area contributed by atoms with Crippen molar-refractivity contribution >= 4 is 11.8 Å². The molecule has 0 spiro atoms. The van der Waals surface area contributed by atoms with Crippen molar-refractivity contribution in [1.82, 2.24) is 9.55 Å². The van der Waals surface area contributed by atoms with Gasteiger partial charge < -0.3 is 9.47 Å². The highest BCUT2D eigenvalue weighted by atomic mass is 32.2. The molecule has 8 heteroatoms. The van der Waals surface area contributed by atoms with Gasteiger partial charge in [-0.25, -0.2) is 4.79 Å². The van der Waals surface area contributed by atoms with E-state index in [4.69, 9.17) is 9.47 Å². The van der Waals surface area contributed by atoms with Crippen molar-refractivity contribution in [3.05, 3.63) is 105 Å². The molecule has 162 valence electrons. The zero-order valence-corrected chi connectivity index (χ0v) is 17.6. The van der Waals surface area contributed by atoms with Crippen LogP contribution >= 0.6 is 11.8 Å². The standard InChI is InChI=1S/C23H23FN2O4S/c24-18-12-26(23(28)25-22(18)27)21-11-19(30-14-17-9-5-2-6-10-17)20(31-21)15-29-13-16-7-3-1-4-8-16/h1-10,12,19-21H,11,13-15H2,(H,25,27,28)/t19-,20-,21+/m0/s1. The molecule has 0 radical (unpaired) electrons.